The number of hydrogen-bond donors (Lipinski definition) is 1. The van der Waals surface area contributed by atoms with E-state index < -0.39 is 16.0 Å². The fourth-order valence-electron chi connectivity index (χ4n) is 0.309. The molecule has 0 aliphatic carbocycles. The van der Waals surface area contributed by atoms with Gasteiger partial charge in [-0.2, -0.15) is 8.42 Å². The molecule has 0 rings (SSSR count). The van der Waals surface area contributed by atoms with Crippen molar-refractivity contribution in [2.45, 2.75) is 6.42 Å². The first kappa shape index (κ1) is 13.9. The van der Waals surface area contributed by atoms with Crippen LogP contribution in [0.1, 0.15) is 7.85 Å². The van der Waals surface area contributed by atoms with Gasteiger partial charge in [-0.15, -0.1) is 0 Å². The van der Waals surface area contributed by atoms with Gasteiger partial charge in [-0.3, -0.25) is 8.98 Å². The first-order chi connectivity index (χ1) is 4.48. The molecule has 0 radical (unpaired) electrons. The van der Waals surface area contributed by atoms with Crippen molar-refractivity contribution in [1.29, 1.82) is 0 Å². The van der Waals surface area contributed by atoms with Gasteiger partial charge in [-0.25, -0.2) is 0 Å². The third-order valence-corrected chi connectivity index (χ3v) is 2.06. The molecule has 62 valence electrons. The molecule has 0 atom stereocenters. The Morgan fingerprint density at radius 1 is 1.64 bits per heavy atom. The first-order valence-corrected chi connectivity index (χ1v) is 4.12. The second kappa shape index (κ2) is 5.96. The summed E-state index contributed by atoms with van der Waals surface area (Å²) in [6.07, 6.45) is -0.198. The Labute approximate surface area is 89.2 Å². The number of carbonyl (C=O) groups is 1. The number of amides is 1. The molecule has 2 N–H and O–H groups in total. The normalized spacial score (nSPS) is 10.3. The summed E-state index contributed by atoms with van der Waals surface area (Å²) in [5.74, 6) is -1.00. The van der Waals surface area contributed by atoms with Crippen molar-refractivity contribution < 1.29 is 48.4 Å². The Kier molecular flexibility index (Phi) is 7.55. The smallest absolute Gasteiger partial charge is 1.00 e. The number of hydrogen-bond acceptors (Lipinski definition) is 4. The number of carbonyl (C=O) groups excluding carboxylic acids is 1. The maximum Gasteiger partial charge on any atom is 1.00 e. The van der Waals surface area contributed by atoms with Crippen molar-refractivity contribution >= 4 is 16.0 Å². The van der Waals surface area contributed by atoms with Gasteiger partial charge in [0.05, 0.1) is 12.9 Å². The van der Waals surface area contributed by atoms with E-state index in [0.29, 0.717) is 0 Å². The second-order valence-corrected chi connectivity index (χ2v) is 3.50. The minimum absolute atomic E-state index is 0. The predicted octanol–water partition coefficient (Wildman–Crippen LogP) is -4.05. The molecule has 0 aromatic carbocycles. The van der Waals surface area contributed by atoms with Crippen LogP contribution < -0.4 is 35.3 Å². The number of rotatable bonds is 4. The SMILES string of the molecule is COS(=O)(=O)CCC(N)=O.[H-].[Na+]. The van der Waals surface area contributed by atoms with Gasteiger partial charge in [-0.05, 0) is 0 Å². The molecule has 11 heavy (non-hydrogen) atoms. The molecule has 0 fully saturated rings. The van der Waals surface area contributed by atoms with Gasteiger partial charge in [0.15, 0.2) is 0 Å². The van der Waals surface area contributed by atoms with Gasteiger partial charge in [-0.1, -0.05) is 0 Å². The Balaban J connectivity index is -0.000000405. The van der Waals surface area contributed by atoms with Crippen LogP contribution in [0.15, 0.2) is 0 Å². The van der Waals surface area contributed by atoms with Crippen molar-refractivity contribution in [2.75, 3.05) is 12.9 Å². The molecular weight excluding hydrogens is 181 g/mol. The average Bonchev–Trinajstić information content (AvgIpc) is 1.85. The van der Waals surface area contributed by atoms with E-state index in [1.165, 1.54) is 0 Å². The molecule has 0 aliphatic heterocycles. The van der Waals surface area contributed by atoms with E-state index in [0.717, 1.165) is 7.11 Å². The molecule has 5 nitrogen and oxygen atoms in total. The second-order valence-electron chi connectivity index (χ2n) is 1.64. The van der Waals surface area contributed by atoms with Crippen LogP contribution in [-0.2, 0) is 19.1 Å². The predicted molar refractivity (Wildman–Crippen MR) is 35.7 cm³/mol. The van der Waals surface area contributed by atoms with Crippen LogP contribution in [0.25, 0.3) is 0 Å². The molecule has 0 aliphatic rings. The summed E-state index contributed by atoms with van der Waals surface area (Å²) < 4.78 is 25.0. The Morgan fingerprint density at radius 2 is 2.09 bits per heavy atom. The minimum atomic E-state index is -3.52. The summed E-state index contributed by atoms with van der Waals surface area (Å²) in [6, 6.07) is 0. The summed E-state index contributed by atoms with van der Waals surface area (Å²) >= 11 is 0. The van der Waals surface area contributed by atoms with Crippen molar-refractivity contribution in [1.82, 2.24) is 0 Å². The standard InChI is InChI=1S/C4H9NO4S.Na.H/c1-9-10(7,8)3-2-4(5)6;;/h2-3H2,1H3,(H2,5,6);;/q;+1;-1. The maximum atomic E-state index is 10.5. The fraction of sp³-hybridized carbons (Fsp3) is 0.750. The van der Waals surface area contributed by atoms with Crippen molar-refractivity contribution in [3.8, 4) is 0 Å². The minimum Gasteiger partial charge on any atom is -1.00 e. The van der Waals surface area contributed by atoms with Crippen LogP contribution in [0.3, 0.4) is 0 Å². The molecule has 0 bridgehead atoms. The Bertz CT molecular complexity index is 217. The third kappa shape index (κ3) is 8.28. The molecular formula is C4H10NNaO4S. The van der Waals surface area contributed by atoms with Gasteiger partial charge in [0.1, 0.15) is 0 Å². The van der Waals surface area contributed by atoms with Gasteiger partial charge < -0.3 is 7.16 Å². The van der Waals surface area contributed by atoms with E-state index >= 15 is 0 Å². The molecule has 0 aromatic rings. The van der Waals surface area contributed by atoms with E-state index in [4.69, 9.17) is 5.73 Å². The Morgan fingerprint density at radius 3 is 2.36 bits per heavy atom. The van der Waals surface area contributed by atoms with Gasteiger partial charge >= 0.3 is 29.6 Å². The number of primary amides is 1. The van der Waals surface area contributed by atoms with Crippen LogP contribution in [-0.4, -0.2) is 27.2 Å². The molecule has 0 saturated carbocycles. The number of nitrogens with two attached hydrogens (primary N) is 1. The van der Waals surface area contributed by atoms with E-state index in [1.807, 2.05) is 0 Å². The van der Waals surface area contributed by atoms with Crippen LogP contribution in [0.4, 0.5) is 0 Å². The monoisotopic (exact) mass is 191 g/mol. The average molecular weight is 191 g/mol. The zero-order chi connectivity index (χ0) is 8.20. The van der Waals surface area contributed by atoms with E-state index in [2.05, 4.69) is 4.18 Å². The first-order valence-electron chi connectivity index (χ1n) is 2.54. The molecule has 1 amide bonds. The Hall–Kier alpha value is 0.380. The fourth-order valence-corrected chi connectivity index (χ4v) is 0.927. The van der Waals surface area contributed by atoms with E-state index in [-0.39, 0.29) is 43.2 Å². The van der Waals surface area contributed by atoms with Crippen LogP contribution in [0, 0.1) is 0 Å². The van der Waals surface area contributed by atoms with Gasteiger partial charge in [0, 0.05) is 6.42 Å². The molecule has 0 heterocycles. The molecule has 0 saturated heterocycles. The van der Waals surface area contributed by atoms with Gasteiger partial charge in [0.25, 0.3) is 10.1 Å². The van der Waals surface area contributed by atoms with Crippen LogP contribution in [0.5, 0.6) is 0 Å². The van der Waals surface area contributed by atoms with Crippen LogP contribution in [0.2, 0.25) is 0 Å². The molecule has 0 aromatic heterocycles. The summed E-state index contributed by atoms with van der Waals surface area (Å²) in [4.78, 5) is 10.1. The summed E-state index contributed by atoms with van der Waals surface area (Å²) in [7, 11) is -2.48. The summed E-state index contributed by atoms with van der Waals surface area (Å²) in [6.45, 7) is 0. The topological polar surface area (TPSA) is 86.5 Å². The summed E-state index contributed by atoms with van der Waals surface area (Å²) in [5.41, 5.74) is 4.70. The largest absolute Gasteiger partial charge is 1.00 e. The molecule has 0 unspecified atom stereocenters. The quantitative estimate of drug-likeness (QED) is 0.362. The van der Waals surface area contributed by atoms with E-state index in [1.54, 1.807) is 0 Å². The third-order valence-electron chi connectivity index (χ3n) is 0.852. The summed E-state index contributed by atoms with van der Waals surface area (Å²) in [5, 5.41) is 0. The zero-order valence-corrected chi connectivity index (χ0v) is 9.35. The van der Waals surface area contributed by atoms with E-state index in [9.17, 15) is 13.2 Å². The van der Waals surface area contributed by atoms with Crippen molar-refractivity contribution in [3.63, 3.8) is 0 Å². The van der Waals surface area contributed by atoms with Crippen LogP contribution >= 0.6 is 0 Å². The van der Waals surface area contributed by atoms with Gasteiger partial charge in [0.2, 0.25) is 5.91 Å². The van der Waals surface area contributed by atoms with Crippen molar-refractivity contribution in [2.24, 2.45) is 5.73 Å². The molecule has 0 spiro atoms. The maximum absolute atomic E-state index is 10.5. The molecule has 7 heteroatoms. The van der Waals surface area contributed by atoms with Crippen molar-refractivity contribution in [3.05, 3.63) is 0 Å². The zero-order valence-electron chi connectivity index (χ0n) is 7.53.